The Kier molecular flexibility index (Phi) is 12.6. The molecule has 0 saturated carbocycles. The van der Waals surface area contributed by atoms with E-state index >= 15 is 0 Å². The van der Waals surface area contributed by atoms with Gasteiger partial charge in [0.1, 0.15) is 18.3 Å². The first-order valence-corrected chi connectivity index (χ1v) is 12.2. The van der Waals surface area contributed by atoms with Gasteiger partial charge in [-0.1, -0.05) is 18.6 Å². The number of esters is 2. The summed E-state index contributed by atoms with van der Waals surface area (Å²) in [5, 5.41) is 0. The molecule has 188 valence electrons. The van der Waals surface area contributed by atoms with Crippen LogP contribution in [0.25, 0.3) is 0 Å². The van der Waals surface area contributed by atoms with Crippen molar-refractivity contribution in [3.63, 3.8) is 0 Å². The number of ether oxygens (including phenoxy) is 3. The Labute approximate surface area is 200 Å². The molecular weight excluding hydrogens is 418 g/mol. The van der Waals surface area contributed by atoms with E-state index in [0.717, 1.165) is 37.7 Å². The van der Waals surface area contributed by atoms with Crippen LogP contribution in [0.1, 0.15) is 93.9 Å². The van der Waals surface area contributed by atoms with Crippen LogP contribution in [0.5, 0.6) is 0 Å². The molecule has 0 aromatic heterocycles. The molecule has 0 radical (unpaired) electrons. The van der Waals surface area contributed by atoms with Crippen LogP contribution in [0.3, 0.4) is 0 Å². The van der Waals surface area contributed by atoms with Crippen LogP contribution in [0.2, 0.25) is 0 Å². The van der Waals surface area contributed by atoms with Gasteiger partial charge >= 0.3 is 11.9 Å². The van der Waals surface area contributed by atoms with E-state index in [-0.39, 0.29) is 30.7 Å². The lowest BCUT2D eigenvalue weighted by molar-refractivity contribution is -0.167. The topological polar surface area (TPSA) is 74.2 Å². The minimum atomic E-state index is -0.558. The summed E-state index contributed by atoms with van der Waals surface area (Å²) in [6, 6.07) is 0.279. The van der Waals surface area contributed by atoms with Crippen molar-refractivity contribution in [1.82, 2.24) is 0 Å². The Morgan fingerprint density at radius 2 is 1.88 bits per heavy atom. The molecule has 0 amide bonds. The molecule has 0 aliphatic carbocycles. The quantitative estimate of drug-likeness (QED) is 0.214. The third-order valence-electron chi connectivity index (χ3n) is 5.99. The number of carbonyl (C=O) groups excluding carboxylic acids is 2. The van der Waals surface area contributed by atoms with Crippen molar-refractivity contribution in [2.45, 2.75) is 112 Å². The number of aliphatic imine (C=N–C) groups is 1. The molecule has 0 N–H and O–H groups in total. The van der Waals surface area contributed by atoms with Crippen LogP contribution in [-0.4, -0.2) is 48.6 Å². The van der Waals surface area contributed by atoms with Crippen LogP contribution in [0.4, 0.5) is 0 Å². The third kappa shape index (κ3) is 11.6. The fourth-order valence-electron chi connectivity index (χ4n) is 4.05. The summed E-state index contributed by atoms with van der Waals surface area (Å²) in [6.07, 6.45) is 8.92. The molecule has 1 aliphatic rings. The second kappa shape index (κ2) is 14.3. The maximum atomic E-state index is 11.8. The SMILES string of the molecule is CC(=O)OCC=C1CC[C@@H](OC(C)=O)[C@](C)(CCCC(C)C(CC=C(C)C)=NC(C)C)OC1. The van der Waals surface area contributed by atoms with Crippen molar-refractivity contribution in [3.05, 3.63) is 23.3 Å². The van der Waals surface area contributed by atoms with Gasteiger partial charge in [-0.2, -0.15) is 0 Å². The highest BCUT2D eigenvalue weighted by Gasteiger charge is 2.39. The Morgan fingerprint density at radius 1 is 1.18 bits per heavy atom. The van der Waals surface area contributed by atoms with Crippen molar-refractivity contribution in [3.8, 4) is 0 Å². The zero-order valence-corrected chi connectivity index (χ0v) is 22.0. The molecule has 1 fully saturated rings. The van der Waals surface area contributed by atoms with Gasteiger partial charge in [-0.05, 0) is 84.3 Å². The van der Waals surface area contributed by atoms with Crippen molar-refractivity contribution >= 4 is 17.7 Å². The predicted molar refractivity (Wildman–Crippen MR) is 133 cm³/mol. The van der Waals surface area contributed by atoms with Crippen LogP contribution in [-0.2, 0) is 23.8 Å². The maximum Gasteiger partial charge on any atom is 0.303 e. The van der Waals surface area contributed by atoms with E-state index in [2.05, 4.69) is 40.7 Å². The second-order valence-corrected chi connectivity index (χ2v) is 9.90. The highest BCUT2D eigenvalue weighted by Crippen LogP contribution is 2.34. The van der Waals surface area contributed by atoms with Gasteiger partial charge in [0.15, 0.2) is 0 Å². The summed E-state index contributed by atoms with van der Waals surface area (Å²) >= 11 is 0. The van der Waals surface area contributed by atoms with E-state index in [4.69, 9.17) is 19.2 Å². The first kappa shape index (κ1) is 29.1. The molecule has 6 heteroatoms. The number of nitrogens with zero attached hydrogens (tertiary/aromatic N) is 1. The highest BCUT2D eigenvalue weighted by atomic mass is 16.6. The summed E-state index contributed by atoms with van der Waals surface area (Å²) < 4.78 is 17.1. The Hall–Kier alpha value is -1.95. The monoisotopic (exact) mass is 463 g/mol. The average molecular weight is 464 g/mol. The molecule has 0 spiro atoms. The van der Waals surface area contributed by atoms with Gasteiger partial charge in [0.2, 0.25) is 0 Å². The smallest absolute Gasteiger partial charge is 0.303 e. The first-order chi connectivity index (χ1) is 15.4. The van der Waals surface area contributed by atoms with E-state index in [9.17, 15) is 9.59 Å². The van der Waals surface area contributed by atoms with Crippen LogP contribution >= 0.6 is 0 Å². The molecule has 1 aliphatic heterocycles. The summed E-state index contributed by atoms with van der Waals surface area (Å²) in [4.78, 5) is 27.7. The van der Waals surface area contributed by atoms with E-state index in [1.165, 1.54) is 25.1 Å². The summed E-state index contributed by atoms with van der Waals surface area (Å²) in [6.45, 7) is 16.3. The average Bonchev–Trinajstić information content (AvgIpc) is 2.84. The largest absolute Gasteiger partial charge is 0.462 e. The van der Waals surface area contributed by atoms with Gasteiger partial charge in [0.05, 0.1) is 6.61 Å². The number of hydrogen-bond donors (Lipinski definition) is 0. The normalized spacial score (nSPS) is 23.7. The van der Waals surface area contributed by atoms with E-state index < -0.39 is 5.60 Å². The zero-order chi connectivity index (χ0) is 25.0. The molecule has 3 atom stereocenters. The molecule has 0 bridgehead atoms. The molecule has 33 heavy (non-hydrogen) atoms. The predicted octanol–water partition coefficient (Wildman–Crippen LogP) is 5.99. The molecule has 6 nitrogen and oxygen atoms in total. The lowest BCUT2D eigenvalue weighted by atomic mass is 9.87. The first-order valence-electron chi connectivity index (χ1n) is 12.2. The van der Waals surface area contributed by atoms with Gasteiger partial charge in [0, 0.05) is 32.0 Å². The second-order valence-electron chi connectivity index (χ2n) is 9.90. The number of allylic oxidation sites excluding steroid dienone is 2. The number of carbonyl (C=O) groups is 2. The summed E-state index contributed by atoms with van der Waals surface area (Å²) in [5.74, 6) is -0.213. The molecule has 0 aromatic rings. The van der Waals surface area contributed by atoms with Crippen molar-refractivity contribution in [1.29, 1.82) is 0 Å². The minimum Gasteiger partial charge on any atom is -0.462 e. The molecule has 0 aromatic carbocycles. The summed E-state index contributed by atoms with van der Waals surface area (Å²) in [5.41, 5.74) is 3.06. The zero-order valence-electron chi connectivity index (χ0n) is 22.0. The van der Waals surface area contributed by atoms with Crippen molar-refractivity contribution in [2.24, 2.45) is 10.9 Å². The fourth-order valence-corrected chi connectivity index (χ4v) is 4.05. The highest BCUT2D eigenvalue weighted by molar-refractivity contribution is 5.88. The van der Waals surface area contributed by atoms with Crippen LogP contribution < -0.4 is 0 Å². The van der Waals surface area contributed by atoms with Gasteiger partial charge in [-0.15, -0.1) is 0 Å². The Morgan fingerprint density at radius 3 is 2.45 bits per heavy atom. The third-order valence-corrected chi connectivity index (χ3v) is 5.99. The van der Waals surface area contributed by atoms with Crippen molar-refractivity contribution in [2.75, 3.05) is 13.2 Å². The van der Waals surface area contributed by atoms with Gasteiger partial charge in [-0.25, -0.2) is 0 Å². The number of rotatable bonds is 11. The van der Waals surface area contributed by atoms with Gasteiger partial charge < -0.3 is 14.2 Å². The lowest BCUT2D eigenvalue weighted by Gasteiger charge is -2.35. The van der Waals surface area contributed by atoms with Crippen LogP contribution in [0, 0.1) is 5.92 Å². The van der Waals surface area contributed by atoms with E-state index in [1.807, 2.05) is 13.0 Å². The van der Waals surface area contributed by atoms with E-state index in [1.54, 1.807) is 0 Å². The standard InChI is InChI=1S/C27H45NO5/c1-19(2)11-13-25(28-20(3)4)21(5)10-9-16-27(8)26(33-23(7)30)14-12-24(18-32-27)15-17-31-22(6)29/h11,15,20-21,26H,9-10,12-14,16-18H2,1-8H3/t21?,26-,27+/m1/s1. The van der Waals surface area contributed by atoms with Gasteiger partial charge in [0.25, 0.3) is 0 Å². The maximum absolute atomic E-state index is 11.8. The summed E-state index contributed by atoms with van der Waals surface area (Å²) in [7, 11) is 0. The minimum absolute atomic E-state index is 0.240. The molecule has 1 unspecified atom stereocenters. The van der Waals surface area contributed by atoms with Crippen molar-refractivity contribution < 1.29 is 23.8 Å². The van der Waals surface area contributed by atoms with Crippen LogP contribution in [0.15, 0.2) is 28.3 Å². The van der Waals surface area contributed by atoms with Gasteiger partial charge in [-0.3, -0.25) is 14.6 Å². The number of hydrogen-bond acceptors (Lipinski definition) is 6. The molecule has 1 saturated heterocycles. The lowest BCUT2D eigenvalue weighted by Crippen LogP contribution is -2.43. The molecule has 1 heterocycles. The Balaban J connectivity index is 2.84. The molecule has 1 rings (SSSR count). The fraction of sp³-hybridized carbons (Fsp3) is 0.741. The van der Waals surface area contributed by atoms with E-state index in [0.29, 0.717) is 18.9 Å². The Bertz CT molecular complexity index is 733. The molecular formula is C27H45NO5.